The summed E-state index contributed by atoms with van der Waals surface area (Å²) in [5.74, 6) is -3.77. The fourth-order valence-corrected chi connectivity index (χ4v) is 4.37. The summed E-state index contributed by atoms with van der Waals surface area (Å²) in [6, 6.07) is 3.26. The third-order valence-corrected chi connectivity index (χ3v) is 6.44. The van der Waals surface area contributed by atoms with E-state index in [1.807, 2.05) is 0 Å². The van der Waals surface area contributed by atoms with Gasteiger partial charge in [0.2, 0.25) is 0 Å². The zero-order valence-electron chi connectivity index (χ0n) is 22.3. The van der Waals surface area contributed by atoms with Crippen LogP contribution in [0.25, 0.3) is 11.5 Å². The molecule has 8 nitrogen and oxygen atoms in total. The third kappa shape index (κ3) is 4.79. The maximum Gasteiger partial charge on any atom is 0.278 e. The van der Waals surface area contributed by atoms with Crippen LogP contribution in [-0.4, -0.2) is 29.4 Å². The predicted octanol–water partition coefficient (Wildman–Crippen LogP) is 4.57. The minimum atomic E-state index is -2.92. The highest BCUT2D eigenvalue weighted by molar-refractivity contribution is 6.31. The molecule has 5 rings (SSSR count). The zero-order chi connectivity index (χ0) is 29.0. The first-order chi connectivity index (χ1) is 18.8. The number of nitrogens with zero attached hydrogens (tertiary/aromatic N) is 5. The molecule has 1 aliphatic rings. The van der Waals surface area contributed by atoms with Crippen LogP contribution >= 0.6 is 11.6 Å². The molecule has 0 bridgehead atoms. The molecule has 0 aromatic carbocycles. The lowest BCUT2D eigenvalue weighted by Gasteiger charge is -2.22. The van der Waals surface area contributed by atoms with Gasteiger partial charge < -0.3 is 9.84 Å². The van der Waals surface area contributed by atoms with Crippen molar-refractivity contribution < 1.29 is 25.8 Å². The average molecular weight is 548 g/mol. The van der Waals surface area contributed by atoms with Crippen LogP contribution in [0.1, 0.15) is 52.1 Å². The largest absolute Gasteiger partial charge is 0.485 e. The number of pyridine rings is 3. The minimum absolute atomic E-state index is 0.0901. The van der Waals surface area contributed by atoms with Gasteiger partial charge in [-0.1, -0.05) is 11.6 Å². The van der Waals surface area contributed by atoms with E-state index in [9.17, 15) is 18.7 Å². The molecule has 4 aromatic heterocycles. The Kier molecular flexibility index (Phi) is 6.09. The Bertz CT molecular complexity index is 1690. The minimum Gasteiger partial charge on any atom is -0.485 e. The molecule has 4 aromatic rings. The number of fused-ring (bicyclic) bond motifs is 3. The molecular weight excluding hydrogens is 523 g/mol. The summed E-state index contributed by atoms with van der Waals surface area (Å²) in [5, 5.41) is 13.9. The first kappa shape index (κ1) is 23.4. The second-order valence-corrected chi connectivity index (χ2v) is 9.70. The van der Waals surface area contributed by atoms with E-state index in [1.165, 1.54) is 38.4 Å². The van der Waals surface area contributed by atoms with Crippen LogP contribution in [0.2, 0.25) is 5.02 Å². The Morgan fingerprint density at radius 3 is 2.66 bits per heavy atom. The normalized spacial score (nSPS) is 14.6. The van der Waals surface area contributed by atoms with Crippen LogP contribution in [0.4, 0.5) is 13.2 Å². The Hall–Kier alpha value is -3.70. The number of aliphatic hydroxyl groups is 1. The van der Waals surface area contributed by atoms with E-state index < -0.39 is 51.6 Å². The fourth-order valence-electron chi connectivity index (χ4n) is 4.19. The maximum atomic E-state index is 16.2. The molecule has 0 unspecified atom stereocenters. The lowest BCUT2D eigenvalue weighted by molar-refractivity contribution is 0.0734. The van der Waals surface area contributed by atoms with Gasteiger partial charge in [-0.3, -0.25) is 14.3 Å². The Morgan fingerprint density at radius 2 is 1.95 bits per heavy atom. The highest BCUT2D eigenvalue weighted by Gasteiger charge is 2.27. The van der Waals surface area contributed by atoms with Gasteiger partial charge in [0.25, 0.3) is 5.56 Å². The quantitative estimate of drug-likeness (QED) is 0.393. The van der Waals surface area contributed by atoms with Crippen molar-refractivity contribution in [2.24, 2.45) is 0 Å². The van der Waals surface area contributed by atoms with Gasteiger partial charge in [0.05, 0.1) is 20.3 Å². The van der Waals surface area contributed by atoms with Crippen molar-refractivity contribution in [2.75, 3.05) is 0 Å². The molecule has 0 atom stereocenters. The van der Waals surface area contributed by atoms with Crippen molar-refractivity contribution in [1.82, 2.24) is 24.3 Å². The molecule has 198 valence electrons. The third-order valence-electron chi connectivity index (χ3n) is 6.09. The predicted molar refractivity (Wildman–Crippen MR) is 132 cm³/mol. The standard InChI is InChI=1S/C26H23ClF3N5O3/c1-26(2,37)20-7-8-34(33-20)24-22(30)23-14(11-32-24)5-3-4-6-16-10-19(21(27)25(36)35(16)23)38-13-18-17(29)9-15(28)12-31-18/h7-12,37H,3-6,13H2,1-2H3/i13D2. The van der Waals surface area contributed by atoms with E-state index in [-0.39, 0.29) is 29.3 Å². The van der Waals surface area contributed by atoms with E-state index in [1.54, 1.807) is 0 Å². The van der Waals surface area contributed by atoms with Gasteiger partial charge in [-0.25, -0.2) is 22.8 Å². The molecule has 0 fully saturated rings. The Balaban J connectivity index is 1.64. The summed E-state index contributed by atoms with van der Waals surface area (Å²) in [7, 11) is 0. The summed E-state index contributed by atoms with van der Waals surface area (Å²) >= 11 is 6.33. The molecule has 0 spiro atoms. The average Bonchev–Trinajstić information content (AvgIpc) is 3.35. The molecule has 0 amide bonds. The molecule has 38 heavy (non-hydrogen) atoms. The van der Waals surface area contributed by atoms with Gasteiger partial charge in [-0.15, -0.1) is 0 Å². The van der Waals surface area contributed by atoms with Crippen LogP contribution < -0.4 is 10.3 Å². The van der Waals surface area contributed by atoms with Crippen molar-refractivity contribution >= 4 is 11.6 Å². The van der Waals surface area contributed by atoms with Crippen molar-refractivity contribution in [3.05, 3.63) is 92.3 Å². The number of rotatable bonds is 5. The lowest BCUT2D eigenvalue weighted by atomic mass is 10.0. The van der Waals surface area contributed by atoms with Crippen LogP contribution in [-0.2, 0) is 25.0 Å². The molecule has 0 radical (unpaired) electrons. The fraction of sp³-hybridized carbons (Fsp3) is 0.308. The van der Waals surface area contributed by atoms with Crippen LogP contribution in [0.3, 0.4) is 0 Å². The van der Waals surface area contributed by atoms with Gasteiger partial charge in [0, 0.05) is 30.2 Å². The second-order valence-electron chi connectivity index (χ2n) is 9.32. The Labute approximate surface area is 223 Å². The molecule has 5 heterocycles. The zero-order valence-corrected chi connectivity index (χ0v) is 21.1. The van der Waals surface area contributed by atoms with E-state index in [0.29, 0.717) is 37.1 Å². The number of halogens is 4. The van der Waals surface area contributed by atoms with Crippen LogP contribution in [0.15, 0.2) is 41.6 Å². The van der Waals surface area contributed by atoms with Gasteiger partial charge in [-0.2, -0.15) is 5.10 Å². The summed E-state index contributed by atoms with van der Waals surface area (Å²) in [6.07, 6.45) is 5.46. The molecular formula is C26H23ClF3N5O3. The second kappa shape index (κ2) is 9.88. The van der Waals surface area contributed by atoms with E-state index in [2.05, 4.69) is 15.1 Å². The van der Waals surface area contributed by atoms with Crippen molar-refractivity contribution in [1.29, 1.82) is 0 Å². The molecule has 0 saturated heterocycles. The van der Waals surface area contributed by atoms with Crippen molar-refractivity contribution in [3.63, 3.8) is 0 Å². The van der Waals surface area contributed by atoms with Crippen molar-refractivity contribution in [3.8, 4) is 17.3 Å². The van der Waals surface area contributed by atoms with Crippen LogP contribution in [0, 0.1) is 17.5 Å². The summed E-state index contributed by atoms with van der Waals surface area (Å²) < 4.78 is 67.7. The van der Waals surface area contributed by atoms with E-state index in [0.717, 1.165) is 9.25 Å². The monoisotopic (exact) mass is 547 g/mol. The molecule has 1 N–H and O–H groups in total. The molecule has 0 aliphatic carbocycles. The number of hydrogen-bond acceptors (Lipinski definition) is 6. The first-order valence-corrected chi connectivity index (χ1v) is 12.1. The summed E-state index contributed by atoms with van der Waals surface area (Å²) in [4.78, 5) is 21.3. The highest BCUT2D eigenvalue weighted by atomic mass is 35.5. The van der Waals surface area contributed by atoms with E-state index >= 15 is 4.39 Å². The summed E-state index contributed by atoms with van der Waals surface area (Å²) in [5.41, 5.74) is -2.12. The van der Waals surface area contributed by atoms with Gasteiger partial charge in [0.15, 0.2) is 17.5 Å². The maximum absolute atomic E-state index is 16.2. The van der Waals surface area contributed by atoms with E-state index in [4.69, 9.17) is 19.1 Å². The molecule has 12 heteroatoms. The number of ether oxygens (including phenoxy) is 1. The Morgan fingerprint density at radius 1 is 1.18 bits per heavy atom. The number of aromatic nitrogens is 5. The molecule has 1 aliphatic heterocycles. The number of hydrogen-bond donors (Lipinski definition) is 1. The topological polar surface area (TPSA) is 95.1 Å². The van der Waals surface area contributed by atoms with Gasteiger partial charge in [0.1, 0.15) is 34.4 Å². The molecule has 0 saturated carbocycles. The van der Waals surface area contributed by atoms with Gasteiger partial charge in [-0.05, 0) is 51.2 Å². The van der Waals surface area contributed by atoms with Crippen LogP contribution in [0.5, 0.6) is 5.75 Å². The summed E-state index contributed by atoms with van der Waals surface area (Å²) in [6.45, 7) is 0.141. The lowest BCUT2D eigenvalue weighted by Crippen LogP contribution is -2.27. The SMILES string of the molecule is [2H]C([2H])(Oc1cc2n(c(=O)c1Cl)-c1c(cnc(-n3ccc(C(C)(C)O)n3)c1F)CCCC2)c1ncc(F)cc1F. The van der Waals surface area contributed by atoms with Gasteiger partial charge >= 0.3 is 0 Å². The first-order valence-electron chi connectivity index (χ1n) is 12.7. The highest BCUT2D eigenvalue weighted by Crippen LogP contribution is 2.31. The van der Waals surface area contributed by atoms with Crippen molar-refractivity contribution in [2.45, 2.75) is 51.7 Å². The smallest absolute Gasteiger partial charge is 0.278 e. The number of aryl methyl sites for hydroxylation is 2.